The molecule has 0 saturated heterocycles. The number of rotatable bonds is 5. The number of carbonyl (C=O) groups is 2. The van der Waals surface area contributed by atoms with Crippen LogP contribution < -0.4 is 5.32 Å². The SMILES string of the molecule is CCC(CNC(=O)c1ccc(Br)cc1Br)C(=O)O. The van der Waals surface area contributed by atoms with Crippen molar-refractivity contribution in [2.75, 3.05) is 6.54 Å². The first-order chi connectivity index (χ1) is 8.45. The molecule has 0 fully saturated rings. The zero-order chi connectivity index (χ0) is 13.7. The summed E-state index contributed by atoms with van der Waals surface area (Å²) in [4.78, 5) is 22.7. The molecule has 1 atom stereocenters. The number of aliphatic carboxylic acids is 1. The summed E-state index contributed by atoms with van der Waals surface area (Å²) in [6, 6.07) is 5.20. The molecule has 0 saturated carbocycles. The number of hydrogen-bond acceptors (Lipinski definition) is 2. The average Bonchev–Trinajstić information content (AvgIpc) is 2.28. The highest BCUT2D eigenvalue weighted by Crippen LogP contribution is 2.21. The molecule has 18 heavy (non-hydrogen) atoms. The Labute approximate surface area is 122 Å². The van der Waals surface area contributed by atoms with Crippen LogP contribution >= 0.6 is 31.9 Å². The predicted octanol–water partition coefficient (Wildman–Crippen LogP) is 3.05. The third kappa shape index (κ3) is 4.10. The average molecular weight is 379 g/mol. The van der Waals surface area contributed by atoms with Gasteiger partial charge in [-0.3, -0.25) is 9.59 Å². The van der Waals surface area contributed by atoms with Gasteiger partial charge in [-0.2, -0.15) is 0 Å². The molecule has 2 N–H and O–H groups in total. The molecule has 0 spiro atoms. The Morgan fingerprint density at radius 3 is 2.56 bits per heavy atom. The minimum absolute atomic E-state index is 0.132. The summed E-state index contributed by atoms with van der Waals surface area (Å²) < 4.78 is 1.53. The van der Waals surface area contributed by atoms with Gasteiger partial charge in [-0.05, 0) is 40.5 Å². The molecule has 1 aromatic rings. The molecule has 1 aromatic carbocycles. The quantitative estimate of drug-likeness (QED) is 0.827. The van der Waals surface area contributed by atoms with Crippen molar-refractivity contribution >= 4 is 43.7 Å². The highest BCUT2D eigenvalue weighted by atomic mass is 79.9. The van der Waals surface area contributed by atoms with Gasteiger partial charge >= 0.3 is 5.97 Å². The molecular formula is C12H13Br2NO3. The van der Waals surface area contributed by atoms with Crippen molar-refractivity contribution in [1.82, 2.24) is 5.32 Å². The Balaban J connectivity index is 2.68. The van der Waals surface area contributed by atoms with Crippen LogP contribution in [0.25, 0.3) is 0 Å². The Kier molecular flexibility index (Phi) is 5.81. The first-order valence-electron chi connectivity index (χ1n) is 5.41. The van der Waals surface area contributed by atoms with Gasteiger partial charge in [0.05, 0.1) is 11.5 Å². The van der Waals surface area contributed by atoms with Crippen LogP contribution in [0.3, 0.4) is 0 Å². The number of carboxylic acid groups (broad SMARTS) is 1. The van der Waals surface area contributed by atoms with Crippen molar-refractivity contribution < 1.29 is 14.7 Å². The molecule has 0 radical (unpaired) electrons. The normalized spacial score (nSPS) is 11.9. The molecule has 1 rings (SSSR count). The topological polar surface area (TPSA) is 66.4 Å². The minimum atomic E-state index is -0.896. The molecule has 1 unspecified atom stereocenters. The lowest BCUT2D eigenvalue weighted by Gasteiger charge is -2.11. The first kappa shape index (κ1) is 15.2. The number of amides is 1. The lowest BCUT2D eigenvalue weighted by Crippen LogP contribution is -2.32. The van der Waals surface area contributed by atoms with Gasteiger partial charge in [0.2, 0.25) is 0 Å². The lowest BCUT2D eigenvalue weighted by molar-refractivity contribution is -0.141. The van der Waals surface area contributed by atoms with Gasteiger partial charge in [-0.15, -0.1) is 0 Å². The summed E-state index contributed by atoms with van der Waals surface area (Å²) in [5.41, 5.74) is 0.485. The van der Waals surface area contributed by atoms with Gasteiger partial charge in [0, 0.05) is 15.5 Å². The van der Waals surface area contributed by atoms with Crippen molar-refractivity contribution in [3.8, 4) is 0 Å². The molecule has 0 heterocycles. The first-order valence-corrected chi connectivity index (χ1v) is 7.00. The molecule has 0 aliphatic carbocycles. The van der Waals surface area contributed by atoms with Gasteiger partial charge in [0.1, 0.15) is 0 Å². The molecular weight excluding hydrogens is 366 g/mol. The summed E-state index contributed by atoms with van der Waals surface area (Å²) >= 11 is 6.59. The van der Waals surface area contributed by atoms with Gasteiger partial charge in [0.25, 0.3) is 5.91 Å². The van der Waals surface area contributed by atoms with E-state index in [1.165, 1.54) is 0 Å². The number of carboxylic acids is 1. The fourth-order valence-electron chi connectivity index (χ4n) is 1.39. The third-order valence-electron chi connectivity index (χ3n) is 2.53. The molecule has 0 bridgehead atoms. The molecule has 0 aromatic heterocycles. The summed E-state index contributed by atoms with van der Waals surface area (Å²) in [7, 11) is 0. The second kappa shape index (κ2) is 6.89. The van der Waals surface area contributed by atoms with Crippen LogP contribution in [0.2, 0.25) is 0 Å². The van der Waals surface area contributed by atoms with Crippen LogP contribution in [0.5, 0.6) is 0 Å². The number of carbonyl (C=O) groups excluding carboxylic acids is 1. The van der Waals surface area contributed by atoms with Crippen molar-refractivity contribution in [1.29, 1.82) is 0 Å². The summed E-state index contributed by atoms with van der Waals surface area (Å²) in [6.07, 6.45) is 0.483. The Hall–Kier alpha value is -0.880. The van der Waals surface area contributed by atoms with Gasteiger partial charge in [0.15, 0.2) is 0 Å². The largest absolute Gasteiger partial charge is 0.481 e. The van der Waals surface area contributed by atoms with E-state index in [1.807, 2.05) is 0 Å². The summed E-state index contributed by atoms with van der Waals surface area (Å²) in [5.74, 6) is -1.73. The van der Waals surface area contributed by atoms with Gasteiger partial charge in [-0.25, -0.2) is 0 Å². The summed E-state index contributed by atoms with van der Waals surface area (Å²) in [5, 5.41) is 11.5. The second-order valence-electron chi connectivity index (χ2n) is 3.78. The maximum absolute atomic E-state index is 11.9. The van der Waals surface area contributed by atoms with E-state index in [0.717, 1.165) is 4.47 Å². The van der Waals surface area contributed by atoms with Crippen LogP contribution in [0.4, 0.5) is 0 Å². The fraction of sp³-hybridized carbons (Fsp3) is 0.333. The number of hydrogen-bond donors (Lipinski definition) is 2. The van der Waals surface area contributed by atoms with E-state index in [4.69, 9.17) is 5.11 Å². The van der Waals surface area contributed by atoms with E-state index in [-0.39, 0.29) is 12.5 Å². The molecule has 98 valence electrons. The molecule has 4 nitrogen and oxygen atoms in total. The zero-order valence-corrected chi connectivity index (χ0v) is 12.9. The predicted molar refractivity (Wildman–Crippen MR) is 75.6 cm³/mol. The zero-order valence-electron chi connectivity index (χ0n) is 9.74. The maximum Gasteiger partial charge on any atom is 0.308 e. The van der Waals surface area contributed by atoms with E-state index in [9.17, 15) is 9.59 Å². The Morgan fingerprint density at radius 1 is 1.39 bits per heavy atom. The highest BCUT2D eigenvalue weighted by Gasteiger charge is 2.17. The lowest BCUT2D eigenvalue weighted by atomic mass is 10.1. The molecule has 1 amide bonds. The second-order valence-corrected chi connectivity index (χ2v) is 5.55. The maximum atomic E-state index is 11.9. The van der Waals surface area contributed by atoms with Crippen LogP contribution in [0, 0.1) is 5.92 Å². The number of nitrogens with one attached hydrogen (secondary N) is 1. The Bertz CT molecular complexity index is 463. The summed E-state index contributed by atoms with van der Waals surface area (Å²) in [6.45, 7) is 1.91. The van der Waals surface area contributed by atoms with Crippen molar-refractivity contribution in [2.24, 2.45) is 5.92 Å². The monoisotopic (exact) mass is 377 g/mol. The van der Waals surface area contributed by atoms with E-state index in [1.54, 1.807) is 25.1 Å². The highest BCUT2D eigenvalue weighted by molar-refractivity contribution is 9.11. The molecule has 0 aliphatic rings. The van der Waals surface area contributed by atoms with Crippen LogP contribution in [-0.4, -0.2) is 23.5 Å². The van der Waals surface area contributed by atoms with Crippen molar-refractivity contribution in [3.05, 3.63) is 32.7 Å². The number of halogens is 2. The van der Waals surface area contributed by atoms with E-state index in [2.05, 4.69) is 37.2 Å². The van der Waals surface area contributed by atoms with Gasteiger partial charge < -0.3 is 10.4 Å². The van der Waals surface area contributed by atoms with Crippen LogP contribution in [0.1, 0.15) is 23.7 Å². The van der Waals surface area contributed by atoms with E-state index >= 15 is 0 Å². The number of benzene rings is 1. The van der Waals surface area contributed by atoms with E-state index < -0.39 is 11.9 Å². The van der Waals surface area contributed by atoms with Crippen molar-refractivity contribution in [3.63, 3.8) is 0 Å². The van der Waals surface area contributed by atoms with Crippen LogP contribution in [-0.2, 0) is 4.79 Å². The van der Waals surface area contributed by atoms with Crippen molar-refractivity contribution in [2.45, 2.75) is 13.3 Å². The minimum Gasteiger partial charge on any atom is -0.481 e. The third-order valence-corrected chi connectivity index (χ3v) is 3.68. The Morgan fingerprint density at radius 2 is 2.06 bits per heavy atom. The molecule has 6 heteroatoms. The van der Waals surface area contributed by atoms with Gasteiger partial charge in [-0.1, -0.05) is 22.9 Å². The smallest absolute Gasteiger partial charge is 0.308 e. The van der Waals surface area contributed by atoms with E-state index in [0.29, 0.717) is 16.5 Å². The van der Waals surface area contributed by atoms with Crippen LogP contribution in [0.15, 0.2) is 27.1 Å². The standard InChI is InChI=1S/C12H13Br2NO3/c1-2-7(12(17)18)6-15-11(16)9-4-3-8(13)5-10(9)14/h3-5,7H,2,6H2,1H3,(H,15,16)(H,17,18). The fourth-order valence-corrected chi connectivity index (χ4v) is 2.62. The molecule has 0 aliphatic heterocycles.